The third-order valence-corrected chi connectivity index (χ3v) is 4.50. The fourth-order valence-electron chi connectivity index (χ4n) is 2.96. The lowest BCUT2D eigenvalue weighted by Gasteiger charge is -2.29. The average Bonchev–Trinajstić information content (AvgIpc) is 3.36. The molecule has 6 heteroatoms. The molecular weight excluding hydrogens is 302 g/mol. The van der Waals surface area contributed by atoms with Crippen molar-refractivity contribution in [3.8, 4) is 0 Å². The summed E-state index contributed by atoms with van der Waals surface area (Å²) in [5.41, 5.74) is -0.122. The second-order valence-electron chi connectivity index (χ2n) is 6.45. The van der Waals surface area contributed by atoms with Crippen LogP contribution in [0.2, 0.25) is 0 Å². The van der Waals surface area contributed by atoms with E-state index in [-0.39, 0.29) is 30.1 Å². The lowest BCUT2D eigenvalue weighted by Crippen LogP contribution is -2.46. The van der Waals surface area contributed by atoms with Crippen LogP contribution in [0.4, 0.5) is 8.78 Å². The molecule has 0 spiro atoms. The van der Waals surface area contributed by atoms with Crippen LogP contribution in [0.15, 0.2) is 18.2 Å². The quantitative estimate of drug-likeness (QED) is 0.875. The zero-order valence-corrected chi connectivity index (χ0v) is 13.0. The summed E-state index contributed by atoms with van der Waals surface area (Å²) in [4.78, 5) is 26.3. The molecule has 0 unspecified atom stereocenters. The van der Waals surface area contributed by atoms with Gasteiger partial charge < -0.3 is 10.2 Å². The Morgan fingerprint density at radius 3 is 2.30 bits per heavy atom. The Morgan fingerprint density at radius 1 is 1.17 bits per heavy atom. The Bertz CT molecular complexity index is 607. The molecule has 2 aliphatic carbocycles. The first-order chi connectivity index (χ1) is 11.0. The molecule has 1 N–H and O–H groups in total. The van der Waals surface area contributed by atoms with E-state index >= 15 is 0 Å². The number of benzene rings is 1. The highest BCUT2D eigenvalue weighted by Gasteiger charge is 2.41. The van der Waals surface area contributed by atoms with Crippen molar-refractivity contribution < 1.29 is 18.4 Å². The van der Waals surface area contributed by atoms with Gasteiger partial charge >= 0.3 is 0 Å². The van der Waals surface area contributed by atoms with Crippen molar-refractivity contribution in [1.82, 2.24) is 10.2 Å². The van der Waals surface area contributed by atoms with Crippen LogP contribution < -0.4 is 5.32 Å². The second-order valence-corrected chi connectivity index (χ2v) is 6.45. The number of hydrogen-bond donors (Lipinski definition) is 1. The molecule has 2 aliphatic rings. The molecule has 0 bridgehead atoms. The molecule has 23 heavy (non-hydrogen) atoms. The highest BCUT2D eigenvalue weighted by atomic mass is 19.1. The Kier molecular flexibility index (Phi) is 4.33. The minimum Gasteiger partial charge on any atom is -0.343 e. The highest BCUT2D eigenvalue weighted by Crippen LogP contribution is 2.39. The molecular formula is C17H20F2N2O2. The summed E-state index contributed by atoms with van der Waals surface area (Å²) in [6.07, 6.45) is 4.30. The minimum absolute atomic E-state index is 0.122. The van der Waals surface area contributed by atoms with Gasteiger partial charge in [-0.2, -0.15) is 0 Å². The molecule has 3 rings (SSSR count). The average molecular weight is 322 g/mol. The van der Waals surface area contributed by atoms with Gasteiger partial charge in [-0.15, -0.1) is 0 Å². The van der Waals surface area contributed by atoms with Gasteiger partial charge in [-0.25, -0.2) is 8.78 Å². The van der Waals surface area contributed by atoms with Gasteiger partial charge in [0.05, 0.1) is 6.54 Å². The summed E-state index contributed by atoms with van der Waals surface area (Å²) >= 11 is 0. The highest BCUT2D eigenvalue weighted by molar-refractivity contribution is 5.96. The standard InChI is InChI=1S/C17H20F2N2O2/c1-10(11-2-3-11)21(15-4-5-15)16(22)9-20-17(23)12-6-13(18)8-14(19)7-12/h6-8,10-11,15H,2-5,9H2,1H3,(H,20,23)/t10-/m0/s1. The fourth-order valence-corrected chi connectivity index (χ4v) is 2.96. The molecule has 124 valence electrons. The number of rotatable bonds is 6. The second kappa shape index (κ2) is 6.26. The number of amides is 2. The van der Waals surface area contributed by atoms with E-state index in [1.807, 2.05) is 4.90 Å². The van der Waals surface area contributed by atoms with Crippen molar-refractivity contribution in [1.29, 1.82) is 0 Å². The van der Waals surface area contributed by atoms with Crippen molar-refractivity contribution in [3.05, 3.63) is 35.4 Å². The summed E-state index contributed by atoms with van der Waals surface area (Å²) in [6.45, 7) is 1.90. The monoisotopic (exact) mass is 322 g/mol. The normalized spacial score (nSPS) is 18.4. The van der Waals surface area contributed by atoms with E-state index in [1.54, 1.807) is 0 Å². The Labute approximate surface area is 133 Å². The van der Waals surface area contributed by atoms with Gasteiger partial charge in [-0.3, -0.25) is 9.59 Å². The topological polar surface area (TPSA) is 49.4 Å². The summed E-state index contributed by atoms with van der Waals surface area (Å²) in [5.74, 6) is -1.84. The van der Waals surface area contributed by atoms with Gasteiger partial charge in [0.1, 0.15) is 11.6 Å². The first-order valence-corrected chi connectivity index (χ1v) is 8.01. The molecule has 4 nitrogen and oxygen atoms in total. The first kappa shape index (κ1) is 15.9. The van der Waals surface area contributed by atoms with Crippen molar-refractivity contribution >= 4 is 11.8 Å². The third kappa shape index (κ3) is 3.86. The molecule has 1 aromatic rings. The van der Waals surface area contributed by atoms with Gasteiger partial charge in [0, 0.05) is 23.7 Å². The number of nitrogens with zero attached hydrogens (tertiary/aromatic N) is 1. The van der Waals surface area contributed by atoms with Crippen LogP contribution in [0.3, 0.4) is 0 Å². The Hall–Kier alpha value is -1.98. The van der Waals surface area contributed by atoms with Crippen LogP contribution in [0, 0.1) is 17.6 Å². The molecule has 2 fully saturated rings. The van der Waals surface area contributed by atoms with E-state index in [2.05, 4.69) is 12.2 Å². The SMILES string of the molecule is C[C@@H](C1CC1)N(C(=O)CNC(=O)c1cc(F)cc(F)c1)C1CC1. The van der Waals surface area contributed by atoms with Crippen LogP contribution in [0.5, 0.6) is 0 Å². The number of hydrogen-bond acceptors (Lipinski definition) is 2. The van der Waals surface area contributed by atoms with E-state index in [0.717, 1.165) is 37.8 Å². The van der Waals surface area contributed by atoms with Crippen LogP contribution in [-0.2, 0) is 4.79 Å². The van der Waals surface area contributed by atoms with Gasteiger partial charge in [0.2, 0.25) is 5.91 Å². The summed E-state index contributed by atoms with van der Waals surface area (Å²) in [5, 5.41) is 2.47. The number of carbonyl (C=O) groups is 2. The van der Waals surface area contributed by atoms with Crippen LogP contribution in [-0.4, -0.2) is 35.3 Å². The molecule has 2 amide bonds. The Morgan fingerprint density at radius 2 is 1.78 bits per heavy atom. The lowest BCUT2D eigenvalue weighted by atomic mass is 10.1. The van der Waals surface area contributed by atoms with E-state index in [9.17, 15) is 18.4 Å². The van der Waals surface area contributed by atoms with Gasteiger partial charge in [-0.1, -0.05) is 0 Å². The summed E-state index contributed by atoms with van der Waals surface area (Å²) in [6, 6.07) is 3.08. The summed E-state index contributed by atoms with van der Waals surface area (Å²) < 4.78 is 26.3. The van der Waals surface area contributed by atoms with Crippen molar-refractivity contribution in [3.63, 3.8) is 0 Å². The molecule has 0 saturated heterocycles. The Balaban J connectivity index is 1.59. The van der Waals surface area contributed by atoms with Crippen LogP contribution in [0.1, 0.15) is 43.0 Å². The maximum absolute atomic E-state index is 13.1. The predicted molar refractivity (Wildman–Crippen MR) is 80.7 cm³/mol. The van der Waals surface area contributed by atoms with Crippen molar-refractivity contribution in [2.75, 3.05) is 6.54 Å². The molecule has 1 atom stereocenters. The van der Waals surface area contributed by atoms with E-state index in [1.165, 1.54) is 0 Å². The van der Waals surface area contributed by atoms with E-state index < -0.39 is 17.5 Å². The predicted octanol–water partition coefficient (Wildman–Crippen LogP) is 2.48. The van der Waals surface area contributed by atoms with E-state index in [4.69, 9.17) is 0 Å². The maximum atomic E-state index is 13.1. The zero-order chi connectivity index (χ0) is 16.6. The molecule has 0 aliphatic heterocycles. The fraction of sp³-hybridized carbons (Fsp3) is 0.529. The zero-order valence-electron chi connectivity index (χ0n) is 13.0. The van der Waals surface area contributed by atoms with E-state index in [0.29, 0.717) is 12.0 Å². The number of nitrogens with one attached hydrogen (secondary N) is 1. The van der Waals surface area contributed by atoms with Crippen molar-refractivity contribution in [2.45, 2.75) is 44.7 Å². The maximum Gasteiger partial charge on any atom is 0.251 e. The molecule has 0 radical (unpaired) electrons. The first-order valence-electron chi connectivity index (χ1n) is 8.01. The van der Waals surface area contributed by atoms with Gasteiger partial charge in [0.15, 0.2) is 0 Å². The number of carbonyl (C=O) groups excluding carboxylic acids is 2. The van der Waals surface area contributed by atoms with Crippen LogP contribution in [0.25, 0.3) is 0 Å². The molecule has 1 aromatic carbocycles. The lowest BCUT2D eigenvalue weighted by molar-refractivity contribution is -0.133. The summed E-state index contributed by atoms with van der Waals surface area (Å²) in [7, 11) is 0. The van der Waals surface area contributed by atoms with Gasteiger partial charge in [0.25, 0.3) is 5.91 Å². The number of halogens is 2. The largest absolute Gasteiger partial charge is 0.343 e. The third-order valence-electron chi connectivity index (χ3n) is 4.50. The molecule has 0 aromatic heterocycles. The van der Waals surface area contributed by atoms with Crippen LogP contribution >= 0.6 is 0 Å². The minimum atomic E-state index is -0.816. The molecule has 0 heterocycles. The van der Waals surface area contributed by atoms with Crippen molar-refractivity contribution in [2.24, 2.45) is 5.92 Å². The van der Waals surface area contributed by atoms with Gasteiger partial charge in [-0.05, 0) is 50.7 Å². The smallest absolute Gasteiger partial charge is 0.251 e. The molecule has 2 saturated carbocycles.